The van der Waals surface area contributed by atoms with E-state index in [0.717, 1.165) is 35.4 Å². The fourth-order valence-corrected chi connectivity index (χ4v) is 9.60. The van der Waals surface area contributed by atoms with E-state index in [2.05, 4.69) is 0 Å². The summed E-state index contributed by atoms with van der Waals surface area (Å²) in [6.07, 6.45) is -0.714. The van der Waals surface area contributed by atoms with Gasteiger partial charge in [-0.1, -0.05) is 132 Å². The summed E-state index contributed by atoms with van der Waals surface area (Å²) in [6, 6.07) is 17.3. The molecule has 0 atom stereocenters. The van der Waals surface area contributed by atoms with E-state index in [-0.39, 0.29) is 48.3 Å². The third-order valence-electron chi connectivity index (χ3n) is 14.0. The minimum Gasteiger partial charge on any atom is -0.507 e. The molecule has 1 aliphatic rings. The largest absolute Gasteiger partial charge is 0.507 e. The highest BCUT2D eigenvalue weighted by Gasteiger charge is 2.35. The Kier molecular flexibility index (Phi) is 14.0. The van der Waals surface area contributed by atoms with Crippen LogP contribution in [0.1, 0.15) is 182 Å². The zero-order chi connectivity index (χ0) is 56.6. The molecule has 0 radical (unpaired) electrons. The molecule has 0 heterocycles. The van der Waals surface area contributed by atoms with Gasteiger partial charge in [0.2, 0.25) is 0 Å². The van der Waals surface area contributed by atoms with Crippen LogP contribution in [-0.4, -0.2) is 51.7 Å². The summed E-state index contributed by atoms with van der Waals surface area (Å²) in [5.41, 5.74) is -2.42. The van der Waals surface area contributed by atoms with Gasteiger partial charge in [-0.3, -0.25) is 50.0 Å². The van der Waals surface area contributed by atoms with Crippen LogP contribution in [0.2, 0.25) is 0 Å². The van der Waals surface area contributed by atoms with Crippen LogP contribution < -0.4 is 0 Å². The molecule has 6 aromatic rings. The predicted molar refractivity (Wildman–Crippen MR) is 285 cm³/mol. The summed E-state index contributed by atoms with van der Waals surface area (Å²) in [6.45, 7) is 23.4. The van der Waals surface area contributed by atoms with Gasteiger partial charge in [0.1, 0.15) is 11.5 Å². The average molecular weight is 1040 g/mol. The quantitative estimate of drug-likeness (QED) is 0.0625. The number of hydrogen-bond donors (Lipinski definition) is 4. The Hall–Kier alpha value is -8.54. The zero-order valence-electron chi connectivity index (χ0n) is 44.4. The maximum Gasteiger partial charge on any atom is 0.318 e. The van der Waals surface area contributed by atoms with E-state index in [4.69, 9.17) is 0 Å². The van der Waals surface area contributed by atoms with Gasteiger partial charge in [0.15, 0.2) is 11.6 Å². The van der Waals surface area contributed by atoms with Gasteiger partial charge in [-0.15, -0.1) is 0 Å². The number of nitro benzene ring substituents is 4. The molecule has 396 valence electrons. The van der Waals surface area contributed by atoms with Crippen molar-refractivity contribution in [3.63, 3.8) is 0 Å². The summed E-state index contributed by atoms with van der Waals surface area (Å²) in [5, 5.41) is 95.7. The van der Waals surface area contributed by atoms with Gasteiger partial charge < -0.3 is 20.4 Å². The third kappa shape index (κ3) is 10.7. The first-order chi connectivity index (χ1) is 35.0. The number of carbonyl (C=O) groups excluding carboxylic acids is 2. The molecule has 0 aromatic heterocycles. The van der Waals surface area contributed by atoms with Crippen molar-refractivity contribution < 1.29 is 49.7 Å². The maximum atomic E-state index is 15.4. The maximum absolute atomic E-state index is 15.4. The van der Waals surface area contributed by atoms with Crippen molar-refractivity contribution in [1.82, 2.24) is 0 Å². The highest BCUT2D eigenvalue weighted by molar-refractivity contribution is 6.13. The predicted octanol–water partition coefficient (Wildman–Crippen LogP) is 12.5. The van der Waals surface area contributed by atoms with E-state index in [1.165, 1.54) is 0 Å². The van der Waals surface area contributed by atoms with Gasteiger partial charge in [0, 0.05) is 72.2 Å². The lowest BCUT2D eigenvalue weighted by Crippen LogP contribution is -2.19. The van der Waals surface area contributed by atoms with Crippen molar-refractivity contribution in [3.05, 3.63) is 202 Å². The molecule has 18 nitrogen and oxygen atoms in total. The van der Waals surface area contributed by atoms with Crippen LogP contribution in [0.25, 0.3) is 0 Å². The van der Waals surface area contributed by atoms with Crippen molar-refractivity contribution in [2.45, 2.75) is 130 Å². The molecule has 0 aliphatic heterocycles. The molecule has 8 bridgehead atoms. The van der Waals surface area contributed by atoms with Crippen LogP contribution in [-0.2, 0) is 47.3 Å². The molecule has 76 heavy (non-hydrogen) atoms. The molecule has 0 amide bonds. The van der Waals surface area contributed by atoms with Crippen molar-refractivity contribution in [1.29, 1.82) is 0 Å². The molecule has 6 aromatic carbocycles. The summed E-state index contributed by atoms with van der Waals surface area (Å²) in [4.78, 5) is 75.7. The minimum absolute atomic E-state index is 0.0244. The first-order valence-corrected chi connectivity index (χ1v) is 24.4. The van der Waals surface area contributed by atoms with Crippen molar-refractivity contribution in [3.8, 4) is 23.0 Å². The van der Waals surface area contributed by atoms with Crippen molar-refractivity contribution >= 4 is 34.3 Å². The second-order valence-corrected chi connectivity index (χ2v) is 23.7. The number of rotatable bonds is 8. The molecule has 0 saturated carbocycles. The van der Waals surface area contributed by atoms with E-state index >= 15 is 9.59 Å². The van der Waals surface area contributed by atoms with Crippen molar-refractivity contribution in [2.75, 3.05) is 0 Å². The van der Waals surface area contributed by atoms with Gasteiger partial charge in [-0.05, 0) is 88.4 Å². The monoisotopic (exact) mass is 1040 g/mol. The number of hydrogen-bond acceptors (Lipinski definition) is 14. The highest BCUT2D eigenvalue weighted by Crippen LogP contribution is 2.44. The third-order valence-corrected chi connectivity index (χ3v) is 14.0. The summed E-state index contributed by atoms with van der Waals surface area (Å²) in [7, 11) is 0. The molecule has 0 fully saturated rings. The summed E-state index contributed by atoms with van der Waals surface area (Å²) < 4.78 is 0. The Balaban J connectivity index is 1.67. The SMILES string of the molecule is CC(C)(C)c1cc2c(O)c(c1)Cc1cc(C(C)(C)C)cc(c1C(=O)c1cc([N+](=O)[O-])c(O)c([N+](=O)[O-])c1)Cc1cc(C(C)(C)C)cc(c1O)Cc1cc(C(C)(C)C)cc(c1C(=O)c1cc([N+](=O)[O-])c(O)c([N+](=O)[O-])c1)C2. The number of phenolic OH excluding ortho intramolecular Hbond substituents is 4. The highest BCUT2D eigenvalue weighted by atomic mass is 16.6. The second-order valence-electron chi connectivity index (χ2n) is 23.7. The molecule has 0 unspecified atom stereocenters. The zero-order valence-corrected chi connectivity index (χ0v) is 44.4. The summed E-state index contributed by atoms with van der Waals surface area (Å²) in [5.74, 6) is -4.71. The lowest BCUT2D eigenvalue weighted by Gasteiger charge is -2.28. The first-order valence-electron chi connectivity index (χ1n) is 24.4. The Morgan fingerprint density at radius 1 is 0.342 bits per heavy atom. The normalized spacial score (nSPS) is 13.0. The molecular formula is C58H60N4O14. The number of ketones is 2. The molecular weight excluding hydrogens is 977 g/mol. The number of benzene rings is 6. The minimum atomic E-state index is -1.24. The standard InChI is InChI=1S/C58H60N4O14/c1-55(2,3)39-17-29-13-33-21-41(57(7,8)9)23-35(49(33)63)15-31-19-40(56(4,5)6)20-32(48(31)52(66)38-27-45(61(73)74)54(68)46(28-38)62(75)76)16-36-24-42(58(10,11)12)22-34(50(36)64)14-30(18-39)47(29)51(65)37-25-43(59(69)70)53(67)44(26-37)60(71)72/h17-28,63-64,67-68H,13-16H2,1-12H3. The van der Waals surface area contributed by atoms with Gasteiger partial charge >= 0.3 is 22.7 Å². The number of fused-ring (bicyclic) bond motifs is 8. The van der Waals surface area contributed by atoms with Crippen LogP contribution in [0.15, 0.2) is 72.8 Å². The Labute approximate surface area is 438 Å². The Bertz CT molecular complexity index is 3110. The fraction of sp³-hybridized carbons (Fsp3) is 0.345. The molecule has 0 spiro atoms. The summed E-state index contributed by atoms with van der Waals surface area (Å²) >= 11 is 0. The van der Waals surface area contributed by atoms with Crippen LogP contribution in [0, 0.1) is 40.5 Å². The second kappa shape index (κ2) is 19.3. The number of phenols is 4. The molecule has 1 aliphatic carbocycles. The number of aromatic hydroxyl groups is 4. The number of nitro groups is 4. The van der Waals surface area contributed by atoms with Gasteiger partial charge in [0.05, 0.1) is 19.7 Å². The number of nitrogens with zero attached hydrogens (tertiary/aromatic N) is 4. The lowest BCUT2D eigenvalue weighted by molar-refractivity contribution is -0.396. The van der Waals surface area contributed by atoms with E-state index in [1.54, 1.807) is 48.5 Å². The van der Waals surface area contributed by atoms with Crippen LogP contribution >= 0.6 is 0 Å². The van der Waals surface area contributed by atoms with E-state index < -0.39 is 98.3 Å². The Morgan fingerprint density at radius 3 is 0.697 bits per heavy atom. The van der Waals surface area contributed by atoms with E-state index in [9.17, 15) is 60.9 Å². The van der Waals surface area contributed by atoms with E-state index in [0.29, 0.717) is 55.6 Å². The smallest absolute Gasteiger partial charge is 0.318 e. The molecule has 18 heteroatoms. The fourth-order valence-electron chi connectivity index (χ4n) is 9.60. The van der Waals surface area contributed by atoms with Gasteiger partial charge in [-0.2, -0.15) is 0 Å². The van der Waals surface area contributed by atoms with Gasteiger partial charge in [-0.25, -0.2) is 0 Å². The molecule has 7 rings (SSSR count). The topological polar surface area (TPSA) is 288 Å². The number of carbonyl (C=O) groups is 2. The molecule has 0 saturated heterocycles. The van der Waals surface area contributed by atoms with Crippen LogP contribution in [0.3, 0.4) is 0 Å². The Morgan fingerprint density at radius 2 is 0.526 bits per heavy atom. The van der Waals surface area contributed by atoms with E-state index in [1.807, 2.05) is 83.1 Å². The van der Waals surface area contributed by atoms with Crippen LogP contribution in [0.4, 0.5) is 22.7 Å². The molecule has 4 N–H and O–H groups in total. The first kappa shape index (κ1) is 55.2. The lowest BCUT2D eigenvalue weighted by atomic mass is 9.76. The average Bonchev–Trinajstić information content (AvgIpc) is 3.29. The van der Waals surface area contributed by atoms with Crippen molar-refractivity contribution in [2.24, 2.45) is 0 Å². The van der Waals surface area contributed by atoms with Gasteiger partial charge in [0.25, 0.3) is 11.5 Å². The van der Waals surface area contributed by atoms with Crippen LogP contribution in [0.5, 0.6) is 23.0 Å².